The van der Waals surface area contributed by atoms with Crippen LogP contribution in [0.1, 0.15) is 30.8 Å². The standard InChI is InChI=1S/C18H16ClF3N2/c1-3-11-5-7-12(8-6-11)24-16-10-14(19)13(18(20,21)22)9-15(16)23-17(24)4-2/h5-10H,3-4H2,1-2H3. The smallest absolute Gasteiger partial charge is 0.296 e. The predicted molar refractivity (Wildman–Crippen MR) is 89.8 cm³/mol. The van der Waals surface area contributed by atoms with Crippen LogP contribution >= 0.6 is 11.6 Å². The van der Waals surface area contributed by atoms with Gasteiger partial charge in [0.15, 0.2) is 0 Å². The Hall–Kier alpha value is -2.01. The van der Waals surface area contributed by atoms with Crippen molar-refractivity contribution in [1.29, 1.82) is 0 Å². The van der Waals surface area contributed by atoms with Crippen LogP contribution in [0.25, 0.3) is 16.7 Å². The molecule has 126 valence electrons. The van der Waals surface area contributed by atoms with Crippen LogP contribution in [0.2, 0.25) is 5.02 Å². The zero-order valence-electron chi connectivity index (χ0n) is 13.3. The summed E-state index contributed by atoms with van der Waals surface area (Å²) >= 11 is 5.89. The van der Waals surface area contributed by atoms with Crippen LogP contribution in [0.4, 0.5) is 13.2 Å². The van der Waals surface area contributed by atoms with Gasteiger partial charge in [0.25, 0.3) is 0 Å². The number of hydrogen-bond donors (Lipinski definition) is 0. The Balaban J connectivity index is 2.25. The van der Waals surface area contributed by atoms with Crippen molar-refractivity contribution in [2.24, 2.45) is 0 Å². The number of nitrogens with zero attached hydrogens (tertiary/aromatic N) is 2. The molecule has 2 aromatic carbocycles. The summed E-state index contributed by atoms with van der Waals surface area (Å²) in [6, 6.07) is 10.3. The maximum atomic E-state index is 13.1. The minimum Gasteiger partial charge on any atom is -0.296 e. The molecule has 24 heavy (non-hydrogen) atoms. The lowest BCUT2D eigenvalue weighted by Crippen LogP contribution is -2.06. The number of imidazole rings is 1. The van der Waals surface area contributed by atoms with Gasteiger partial charge in [0.1, 0.15) is 5.82 Å². The highest BCUT2D eigenvalue weighted by Gasteiger charge is 2.34. The molecule has 3 rings (SSSR count). The van der Waals surface area contributed by atoms with Gasteiger partial charge in [-0.3, -0.25) is 4.57 Å². The van der Waals surface area contributed by atoms with Gasteiger partial charge in [-0.05, 0) is 36.2 Å². The molecule has 0 saturated heterocycles. The number of alkyl halides is 3. The average molecular weight is 353 g/mol. The molecule has 0 aliphatic rings. The summed E-state index contributed by atoms with van der Waals surface area (Å²) in [4.78, 5) is 4.37. The number of rotatable bonds is 3. The minimum atomic E-state index is -4.50. The lowest BCUT2D eigenvalue weighted by Gasteiger charge is -2.11. The second kappa shape index (κ2) is 6.13. The number of hydrogen-bond acceptors (Lipinski definition) is 1. The van der Waals surface area contributed by atoms with E-state index in [1.54, 1.807) is 0 Å². The van der Waals surface area contributed by atoms with Crippen molar-refractivity contribution < 1.29 is 13.2 Å². The Kier molecular flexibility index (Phi) is 4.30. The second-order valence-corrected chi connectivity index (χ2v) is 5.96. The molecule has 0 spiro atoms. The van der Waals surface area contributed by atoms with Crippen molar-refractivity contribution >= 4 is 22.6 Å². The van der Waals surface area contributed by atoms with Crippen molar-refractivity contribution in [3.05, 3.63) is 58.4 Å². The molecule has 0 aliphatic carbocycles. The van der Waals surface area contributed by atoms with Crippen molar-refractivity contribution in [2.45, 2.75) is 32.9 Å². The van der Waals surface area contributed by atoms with Crippen molar-refractivity contribution in [3.8, 4) is 5.69 Å². The quantitative estimate of drug-likeness (QED) is 0.580. The van der Waals surface area contributed by atoms with Gasteiger partial charge >= 0.3 is 6.18 Å². The van der Waals surface area contributed by atoms with Gasteiger partial charge in [0.05, 0.1) is 21.6 Å². The third-order valence-electron chi connectivity index (χ3n) is 4.04. The predicted octanol–water partition coefficient (Wildman–Crippen LogP) is 5.82. The number of benzene rings is 2. The van der Waals surface area contributed by atoms with Gasteiger partial charge in [0, 0.05) is 12.1 Å². The molecule has 0 N–H and O–H groups in total. The second-order valence-electron chi connectivity index (χ2n) is 5.56. The van der Waals surface area contributed by atoms with Gasteiger partial charge in [0.2, 0.25) is 0 Å². The maximum absolute atomic E-state index is 13.1. The molecule has 0 saturated carbocycles. The van der Waals surface area contributed by atoms with Gasteiger partial charge in [-0.15, -0.1) is 0 Å². The lowest BCUT2D eigenvalue weighted by molar-refractivity contribution is -0.137. The third kappa shape index (κ3) is 2.88. The van der Waals surface area contributed by atoms with Gasteiger partial charge in [-0.1, -0.05) is 37.6 Å². The van der Waals surface area contributed by atoms with Crippen LogP contribution in [0.5, 0.6) is 0 Å². The van der Waals surface area contributed by atoms with E-state index in [1.165, 1.54) is 11.6 Å². The van der Waals surface area contributed by atoms with E-state index in [0.717, 1.165) is 18.2 Å². The summed E-state index contributed by atoms with van der Waals surface area (Å²) in [6.07, 6.45) is -2.97. The van der Waals surface area contributed by atoms with Crippen LogP contribution in [0.15, 0.2) is 36.4 Å². The first-order valence-electron chi connectivity index (χ1n) is 7.72. The fourth-order valence-corrected chi connectivity index (χ4v) is 3.04. The molecule has 6 heteroatoms. The molecule has 3 aromatic rings. The van der Waals surface area contributed by atoms with E-state index < -0.39 is 11.7 Å². The fourth-order valence-electron chi connectivity index (χ4n) is 2.77. The van der Waals surface area contributed by atoms with E-state index in [4.69, 9.17) is 11.6 Å². The zero-order valence-corrected chi connectivity index (χ0v) is 14.0. The first-order chi connectivity index (χ1) is 11.3. The van der Waals surface area contributed by atoms with Crippen LogP contribution in [-0.4, -0.2) is 9.55 Å². The van der Waals surface area contributed by atoms with Crippen molar-refractivity contribution in [2.75, 3.05) is 0 Å². The molecule has 0 atom stereocenters. The molecule has 0 aliphatic heterocycles. The molecule has 0 amide bonds. The molecule has 2 nitrogen and oxygen atoms in total. The maximum Gasteiger partial charge on any atom is 0.417 e. The molecule has 0 fully saturated rings. The van der Waals surface area contributed by atoms with E-state index in [1.807, 2.05) is 35.8 Å². The molecule has 0 bridgehead atoms. The highest BCUT2D eigenvalue weighted by molar-refractivity contribution is 6.32. The van der Waals surface area contributed by atoms with E-state index in [2.05, 4.69) is 11.9 Å². The van der Waals surface area contributed by atoms with Crippen LogP contribution in [-0.2, 0) is 19.0 Å². The SMILES string of the molecule is CCc1ccc(-n2c(CC)nc3cc(C(F)(F)F)c(Cl)cc32)cc1. The summed E-state index contributed by atoms with van der Waals surface area (Å²) in [5.41, 5.74) is 2.07. The third-order valence-corrected chi connectivity index (χ3v) is 4.35. The molecule has 0 radical (unpaired) electrons. The number of aromatic nitrogens is 2. The Morgan fingerprint density at radius 1 is 1.04 bits per heavy atom. The Morgan fingerprint density at radius 2 is 1.71 bits per heavy atom. The topological polar surface area (TPSA) is 17.8 Å². The van der Waals surface area contributed by atoms with E-state index in [9.17, 15) is 13.2 Å². The summed E-state index contributed by atoms with van der Waals surface area (Å²) < 4.78 is 41.0. The van der Waals surface area contributed by atoms with Crippen molar-refractivity contribution in [1.82, 2.24) is 9.55 Å². The molecular formula is C18H16ClF3N2. The molecular weight excluding hydrogens is 337 g/mol. The highest BCUT2D eigenvalue weighted by Crippen LogP contribution is 2.37. The average Bonchev–Trinajstić information content (AvgIpc) is 2.90. The molecule has 1 heterocycles. The number of halogens is 4. The van der Waals surface area contributed by atoms with E-state index in [0.29, 0.717) is 23.3 Å². The largest absolute Gasteiger partial charge is 0.417 e. The lowest BCUT2D eigenvalue weighted by atomic mass is 10.1. The molecule has 1 aromatic heterocycles. The number of aryl methyl sites for hydroxylation is 2. The highest BCUT2D eigenvalue weighted by atomic mass is 35.5. The van der Waals surface area contributed by atoms with E-state index in [-0.39, 0.29) is 5.02 Å². The number of fused-ring (bicyclic) bond motifs is 1. The summed E-state index contributed by atoms with van der Waals surface area (Å²) in [5, 5.41) is -0.316. The first kappa shape index (κ1) is 16.8. The Bertz CT molecular complexity index is 880. The van der Waals surface area contributed by atoms with Gasteiger partial charge in [-0.2, -0.15) is 13.2 Å². The van der Waals surface area contributed by atoms with Gasteiger partial charge < -0.3 is 0 Å². The van der Waals surface area contributed by atoms with E-state index >= 15 is 0 Å². The van der Waals surface area contributed by atoms with Crippen LogP contribution in [0.3, 0.4) is 0 Å². The van der Waals surface area contributed by atoms with Crippen LogP contribution < -0.4 is 0 Å². The minimum absolute atomic E-state index is 0.295. The Labute approximate surface area is 142 Å². The fraction of sp³-hybridized carbons (Fsp3) is 0.278. The van der Waals surface area contributed by atoms with Crippen molar-refractivity contribution in [3.63, 3.8) is 0 Å². The Morgan fingerprint density at radius 3 is 2.25 bits per heavy atom. The first-order valence-corrected chi connectivity index (χ1v) is 8.10. The zero-order chi connectivity index (χ0) is 17.5. The summed E-state index contributed by atoms with van der Waals surface area (Å²) in [6.45, 7) is 3.99. The monoisotopic (exact) mass is 352 g/mol. The van der Waals surface area contributed by atoms with Crippen LogP contribution in [0, 0.1) is 0 Å². The summed E-state index contributed by atoms with van der Waals surface area (Å²) in [5.74, 6) is 0.699. The normalized spacial score (nSPS) is 12.1. The van der Waals surface area contributed by atoms with Gasteiger partial charge in [-0.25, -0.2) is 4.98 Å². The molecule has 0 unspecified atom stereocenters. The summed E-state index contributed by atoms with van der Waals surface area (Å²) in [7, 11) is 0.